The van der Waals surface area contributed by atoms with Gasteiger partial charge in [0.25, 0.3) is 0 Å². The Morgan fingerprint density at radius 3 is 2.54 bits per heavy atom. The van der Waals surface area contributed by atoms with Crippen molar-refractivity contribution in [3.63, 3.8) is 0 Å². The van der Waals surface area contributed by atoms with E-state index in [1.54, 1.807) is 5.69 Å². The molecule has 0 saturated carbocycles. The summed E-state index contributed by atoms with van der Waals surface area (Å²) < 4.78 is 2.41. The molecular weight excluding hydrogens is 158 g/mol. The lowest BCUT2D eigenvalue weighted by Crippen LogP contribution is -2.42. The van der Waals surface area contributed by atoms with E-state index in [0.717, 1.165) is 0 Å². The first-order valence-corrected chi connectivity index (χ1v) is 5.17. The average Bonchev–Trinajstić information content (AvgIpc) is 2.45. The van der Waals surface area contributed by atoms with Gasteiger partial charge < -0.3 is 4.57 Å². The molecule has 13 heavy (non-hydrogen) atoms. The Labute approximate surface area is 80.8 Å². The van der Waals surface area contributed by atoms with E-state index in [0.29, 0.717) is 17.4 Å². The maximum atomic E-state index is 2.41. The number of aromatic nitrogens is 1. The van der Waals surface area contributed by atoms with Crippen LogP contribution in [0.15, 0.2) is 12.3 Å². The number of rotatable bonds is 1. The van der Waals surface area contributed by atoms with Gasteiger partial charge in [-0.15, -0.1) is 0 Å². The zero-order valence-electron chi connectivity index (χ0n) is 9.26. The van der Waals surface area contributed by atoms with E-state index in [1.165, 1.54) is 5.56 Å². The Hall–Kier alpha value is -0.720. The number of fused-ring (bicyclic) bond motifs is 1. The van der Waals surface area contributed by atoms with Crippen molar-refractivity contribution in [1.29, 1.82) is 0 Å². The summed E-state index contributed by atoms with van der Waals surface area (Å²) in [6, 6.07) is 2.95. The highest BCUT2D eigenvalue weighted by molar-refractivity contribution is 5.39. The van der Waals surface area contributed by atoms with Crippen LogP contribution in [0.1, 0.15) is 57.8 Å². The third-order valence-corrected chi connectivity index (χ3v) is 3.64. The highest BCUT2D eigenvalue weighted by Crippen LogP contribution is 2.48. The first kappa shape index (κ1) is 8.86. The molecule has 0 aromatic carbocycles. The highest BCUT2D eigenvalue weighted by Gasteiger charge is 2.43. The quantitative estimate of drug-likeness (QED) is 0.619. The summed E-state index contributed by atoms with van der Waals surface area (Å²) in [5.41, 5.74) is 3.46. The maximum Gasteiger partial charge on any atom is 0.0411 e. The van der Waals surface area contributed by atoms with Gasteiger partial charge in [-0.25, -0.2) is 0 Å². The Bertz CT molecular complexity index is 331. The Morgan fingerprint density at radius 2 is 2.00 bits per heavy atom. The SMILES string of the molecule is CC(C)c1ccn2c1C(C)(C)C2C. The van der Waals surface area contributed by atoms with Crippen LogP contribution >= 0.6 is 0 Å². The fourth-order valence-electron chi connectivity index (χ4n) is 2.44. The molecule has 0 radical (unpaired) electrons. The molecule has 1 aliphatic heterocycles. The zero-order valence-corrected chi connectivity index (χ0v) is 9.26. The minimum absolute atomic E-state index is 0.378. The van der Waals surface area contributed by atoms with Gasteiger partial charge in [-0.05, 0) is 24.5 Å². The monoisotopic (exact) mass is 177 g/mol. The van der Waals surface area contributed by atoms with Gasteiger partial charge >= 0.3 is 0 Å². The summed E-state index contributed by atoms with van der Waals surface area (Å²) in [4.78, 5) is 0. The van der Waals surface area contributed by atoms with Crippen LogP contribution in [0.2, 0.25) is 0 Å². The molecule has 1 atom stereocenters. The molecule has 0 fully saturated rings. The van der Waals surface area contributed by atoms with Crippen molar-refractivity contribution in [1.82, 2.24) is 4.57 Å². The molecule has 1 nitrogen and oxygen atoms in total. The van der Waals surface area contributed by atoms with Gasteiger partial charge in [-0.3, -0.25) is 0 Å². The molecule has 1 heteroatoms. The van der Waals surface area contributed by atoms with Crippen molar-refractivity contribution in [2.24, 2.45) is 0 Å². The van der Waals surface area contributed by atoms with Crippen molar-refractivity contribution in [3.8, 4) is 0 Å². The van der Waals surface area contributed by atoms with Crippen LogP contribution in [-0.4, -0.2) is 4.57 Å². The molecule has 0 bridgehead atoms. The molecule has 0 N–H and O–H groups in total. The van der Waals surface area contributed by atoms with E-state index >= 15 is 0 Å². The second kappa shape index (κ2) is 2.40. The molecule has 0 spiro atoms. The Balaban J connectivity index is 2.52. The smallest absolute Gasteiger partial charge is 0.0411 e. The van der Waals surface area contributed by atoms with Crippen LogP contribution in [0.3, 0.4) is 0 Å². The third-order valence-electron chi connectivity index (χ3n) is 3.64. The molecule has 2 heterocycles. The molecule has 1 unspecified atom stereocenters. The van der Waals surface area contributed by atoms with E-state index in [2.05, 4.69) is 51.4 Å². The molecular formula is C12H19N. The predicted molar refractivity (Wildman–Crippen MR) is 56.3 cm³/mol. The largest absolute Gasteiger partial charge is 0.347 e. The van der Waals surface area contributed by atoms with Gasteiger partial charge in [0.2, 0.25) is 0 Å². The van der Waals surface area contributed by atoms with Crippen molar-refractivity contribution in [2.75, 3.05) is 0 Å². The summed E-state index contributed by atoms with van der Waals surface area (Å²) in [7, 11) is 0. The first-order valence-electron chi connectivity index (χ1n) is 5.17. The molecule has 0 saturated heterocycles. The van der Waals surface area contributed by atoms with E-state index in [9.17, 15) is 0 Å². The Kier molecular flexibility index (Phi) is 1.64. The van der Waals surface area contributed by atoms with Gasteiger partial charge in [0.1, 0.15) is 0 Å². The number of hydrogen-bond donors (Lipinski definition) is 0. The summed E-state index contributed by atoms with van der Waals surface area (Å²) >= 11 is 0. The van der Waals surface area contributed by atoms with Gasteiger partial charge in [-0.1, -0.05) is 27.7 Å². The summed E-state index contributed by atoms with van der Waals surface area (Å²) in [5.74, 6) is 0.656. The summed E-state index contributed by atoms with van der Waals surface area (Å²) in [6.07, 6.45) is 2.24. The number of nitrogens with zero attached hydrogens (tertiary/aromatic N) is 1. The fraction of sp³-hybridized carbons (Fsp3) is 0.667. The van der Waals surface area contributed by atoms with E-state index in [1.807, 2.05) is 0 Å². The lowest BCUT2D eigenvalue weighted by atomic mass is 9.73. The van der Waals surface area contributed by atoms with Crippen molar-refractivity contribution >= 4 is 0 Å². The summed E-state index contributed by atoms with van der Waals surface area (Å²) in [6.45, 7) is 11.5. The topological polar surface area (TPSA) is 4.93 Å². The van der Waals surface area contributed by atoms with E-state index in [-0.39, 0.29) is 0 Å². The molecule has 1 aromatic heterocycles. The minimum atomic E-state index is 0.378. The first-order chi connectivity index (χ1) is 5.96. The van der Waals surface area contributed by atoms with Crippen molar-refractivity contribution in [3.05, 3.63) is 23.5 Å². The predicted octanol–water partition coefficient (Wildman–Crippen LogP) is 3.46. The third kappa shape index (κ3) is 0.932. The summed E-state index contributed by atoms with van der Waals surface area (Å²) in [5, 5.41) is 0. The van der Waals surface area contributed by atoms with E-state index in [4.69, 9.17) is 0 Å². The standard InChI is InChI=1S/C12H19N/c1-8(2)10-6-7-13-9(3)12(4,5)11(10)13/h6-9H,1-5H3. The molecule has 0 amide bonds. The maximum absolute atomic E-state index is 2.41. The second-order valence-electron chi connectivity index (χ2n) is 5.08. The van der Waals surface area contributed by atoms with Gasteiger partial charge in [0, 0.05) is 23.3 Å². The van der Waals surface area contributed by atoms with Crippen LogP contribution in [-0.2, 0) is 5.41 Å². The van der Waals surface area contributed by atoms with Crippen LogP contribution in [0.25, 0.3) is 0 Å². The minimum Gasteiger partial charge on any atom is -0.347 e. The molecule has 1 aromatic rings. The van der Waals surface area contributed by atoms with E-state index < -0.39 is 0 Å². The lowest BCUT2D eigenvalue weighted by molar-refractivity contribution is 0.229. The van der Waals surface area contributed by atoms with Crippen molar-refractivity contribution < 1.29 is 0 Å². The number of hydrogen-bond acceptors (Lipinski definition) is 0. The van der Waals surface area contributed by atoms with Gasteiger partial charge in [-0.2, -0.15) is 0 Å². The normalized spacial score (nSPS) is 24.3. The van der Waals surface area contributed by atoms with Crippen LogP contribution in [0.5, 0.6) is 0 Å². The van der Waals surface area contributed by atoms with Crippen LogP contribution in [0, 0.1) is 0 Å². The zero-order chi connectivity index (χ0) is 9.80. The molecule has 1 aliphatic rings. The Morgan fingerprint density at radius 1 is 1.38 bits per heavy atom. The fourth-order valence-corrected chi connectivity index (χ4v) is 2.44. The molecule has 0 aliphatic carbocycles. The lowest BCUT2D eigenvalue weighted by Gasteiger charge is -2.46. The van der Waals surface area contributed by atoms with Crippen LogP contribution < -0.4 is 0 Å². The van der Waals surface area contributed by atoms with Gasteiger partial charge in [0.05, 0.1) is 0 Å². The molecule has 72 valence electrons. The highest BCUT2D eigenvalue weighted by atomic mass is 15.1. The molecule has 2 rings (SSSR count). The second-order valence-corrected chi connectivity index (χ2v) is 5.08. The van der Waals surface area contributed by atoms with Crippen LogP contribution in [0.4, 0.5) is 0 Å². The van der Waals surface area contributed by atoms with Gasteiger partial charge in [0.15, 0.2) is 0 Å². The average molecular weight is 177 g/mol. The van der Waals surface area contributed by atoms with Crippen molar-refractivity contribution in [2.45, 2.75) is 52.0 Å².